The Bertz CT molecular complexity index is 422. The van der Waals surface area contributed by atoms with E-state index in [1.807, 2.05) is 19.9 Å². The fraction of sp³-hybridized carbons (Fsp3) is 0.562. The molecule has 19 heavy (non-hydrogen) atoms. The molecule has 1 N–H and O–H groups in total. The van der Waals surface area contributed by atoms with E-state index in [1.165, 1.54) is 5.56 Å². The van der Waals surface area contributed by atoms with Crippen molar-refractivity contribution in [3.05, 3.63) is 29.3 Å². The molecule has 3 heteroatoms. The summed E-state index contributed by atoms with van der Waals surface area (Å²) in [5.74, 6) is 0.599. The van der Waals surface area contributed by atoms with Crippen molar-refractivity contribution in [1.82, 2.24) is 0 Å². The molecule has 1 aromatic carbocycles. The number of aryl methyl sites for hydroxylation is 1. The molecule has 0 saturated carbocycles. The van der Waals surface area contributed by atoms with E-state index in [9.17, 15) is 4.79 Å². The first kappa shape index (κ1) is 15.5. The van der Waals surface area contributed by atoms with Gasteiger partial charge in [0.15, 0.2) is 0 Å². The Morgan fingerprint density at radius 1 is 1.26 bits per heavy atom. The third-order valence-electron chi connectivity index (χ3n) is 2.95. The van der Waals surface area contributed by atoms with Gasteiger partial charge in [0.05, 0.1) is 6.10 Å². The third kappa shape index (κ3) is 5.33. The molecule has 0 heterocycles. The summed E-state index contributed by atoms with van der Waals surface area (Å²) >= 11 is 0. The molecule has 0 radical (unpaired) electrons. The third-order valence-corrected chi connectivity index (χ3v) is 2.95. The highest BCUT2D eigenvalue weighted by Gasteiger charge is 2.09. The Kier molecular flexibility index (Phi) is 5.87. The van der Waals surface area contributed by atoms with Crippen LogP contribution < -0.4 is 4.74 Å². The largest absolute Gasteiger partial charge is 0.491 e. The van der Waals surface area contributed by atoms with E-state index in [0.29, 0.717) is 12.3 Å². The van der Waals surface area contributed by atoms with Crippen LogP contribution in [0.1, 0.15) is 57.6 Å². The van der Waals surface area contributed by atoms with Crippen LogP contribution in [0.25, 0.3) is 0 Å². The van der Waals surface area contributed by atoms with Gasteiger partial charge in [-0.25, -0.2) is 0 Å². The van der Waals surface area contributed by atoms with E-state index in [-0.39, 0.29) is 12.5 Å². The molecule has 1 rings (SSSR count). The van der Waals surface area contributed by atoms with Crippen molar-refractivity contribution in [2.24, 2.45) is 0 Å². The van der Waals surface area contributed by atoms with Gasteiger partial charge < -0.3 is 9.84 Å². The summed E-state index contributed by atoms with van der Waals surface area (Å²) in [5.41, 5.74) is 2.38. The topological polar surface area (TPSA) is 46.5 Å². The zero-order valence-corrected chi connectivity index (χ0v) is 12.3. The zero-order valence-electron chi connectivity index (χ0n) is 12.3. The van der Waals surface area contributed by atoms with Crippen LogP contribution >= 0.6 is 0 Å². The number of hydrogen-bond acceptors (Lipinski definition) is 2. The van der Waals surface area contributed by atoms with Gasteiger partial charge in [-0.15, -0.1) is 0 Å². The Labute approximate surface area is 115 Å². The van der Waals surface area contributed by atoms with Crippen LogP contribution in [0.5, 0.6) is 5.75 Å². The lowest BCUT2D eigenvalue weighted by Crippen LogP contribution is -2.08. The van der Waals surface area contributed by atoms with Crippen LogP contribution in [-0.4, -0.2) is 17.2 Å². The predicted octanol–water partition coefficient (Wildman–Crippen LogP) is 4.00. The average Bonchev–Trinajstić information content (AvgIpc) is 2.29. The van der Waals surface area contributed by atoms with Crippen molar-refractivity contribution in [2.75, 3.05) is 0 Å². The van der Waals surface area contributed by atoms with Crippen LogP contribution in [-0.2, 0) is 11.2 Å². The van der Waals surface area contributed by atoms with Gasteiger partial charge in [0.25, 0.3) is 0 Å². The summed E-state index contributed by atoms with van der Waals surface area (Å²) in [5, 5.41) is 8.72. The Morgan fingerprint density at radius 2 is 1.95 bits per heavy atom. The van der Waals surface area contributed by atoms with Crippen LogP contribution in [0.15, 0.2) is 18.2 Å². The molecule has 0 aromatic heterocycles. The molecule has 3 nitrogen and oxygen atoms in total. The number of benzene rings is 1. The molecule has 0 saturated heterocycles. The fourth-order valence-electron chi connectivity index (χ4n) is 1.95. The second-order valence-corrected chi connectivity index (χ2v) is 5.44. The van der Waals surface area contributed by atoms with Crippen molar-refractivity contribution < 1.29 is 14.6 Å². The fourth-order valence-corrected chi connectivity index (χ4v) is 1.95. The lowest BCUT2D eigenvalue weighted by atomic mass is 9.97. The standard InChI is InChI=1S/C16H24O3/c1-11(2)13-8-9-15(19-12(3)4)14(10-13)6-5-7-16(17)18/h8-12H,5-7H2,1-4H3,(H,17,18). The average molecular weight is 264 g/mol. The van der Waals surface area contributed by atoms with Crippen molar-refractivity contribution in [3.63, 3.8) is 0 Å². The van der Waals surface area contributed by atoms with E-state index in [4.69, 9.17) is 9.84 Å². The molecule has 0 atom stereocenters. The van der Waals surface area contributed by atoms with Gasteiger partial charge in [-0.2, -0.15) is 0 Å². The minimum atomic E-state index is -0.744. The summed E-state index contributed by atoms with van der Waals surface area (Å²) in [7, 11) is 0. The van der Waals surface area contributed by atoms with E-state index in [0.717, 1.165) is 17.7 Å². The normalized spacial score (nSPS) is 11.1. The van der Waals surface area contributed by atoms with E-state index in [1.54, 1.807) is 0 Å². The van der Waals surface area contributed by atoms with Gasteiger partial charge in [-0.05, 0) is 49.8 Å². The number of carbonyl (C=O) groups is 1. The molecule has 1 aromatic rings. The minimum Gasteiger partial charge on any atom is -0.491 e. The Morgan fingerprint density at radius 3 is 2.47 bits per heavy atom. The maximum Gasteiger partial charge on any atom is 0.303 e. The van der Waals surface area contributed by atoms with Gasteiger partial charge in [0.1, 0.15) is 5.75 Å². The molecular weight excluding hydrogens is 240 g/mol. The number of ether oxygens (including phenoxy) is 1. The lowest BCUT2D eigenvalue weighted by Gasteiger charge is -2.16. The number of carboxylic acids is 1. The lowest BCUT2D eigenvalue weighted by molar-refractivity contribution is -0.137. The molecule has 0 bridgehead atoms. The summed E-state index contributed by atoms with van der Waals surface area (Å²) in [4.78, 5) is 10.6. The van der Waals surface area contributed by atoms with Crippen LogP contribution in [0, 0.1) is 0 Å². The first-order chi connectivity index (χ1) is 8.90. The molecule has 0 aliphatic heterocycles. The zero-order chi connectivity index (χ0) is 14.4. The van der Waals surface area contributed by atoms with Gasteiger partial charge in [-0.3, -0.25) is 4.79 Å². The van der Waals surface area contributed by atoms with Gasteiger partial charge in [0, 0.05) is 6.42 Å². The van der Waals surface area contributed by atoms with Crippen LogP contribution in [0.3, 0.4) is 0 Å². The molecule has 0 fully saturated rings. The second-order valence-electron chi connectivity index (χ2n) is 5.44. The smallest absolute Gasteiger partial charge is 0.303 e. The highest BCUT2D eigenvalue weighted by molar-refractivity contribution is 5.66. The van der Waals surface area contributed by atoms with Crippen molar-refractivity contribution in [1.29, 1.82) is 0 Å². The predicted molar refractivity (Wildman–Crippen MR) is 76.9 cm³/mol. The maximum atomic E-state index is 10.6. The number of carboxylic acid groups (broad SMARTS) is 1. The van der Waals surface area contributed by atoms with Gasteiger partial charge in [-0.1, -0.05) is 26.0 Å². The molecule has 0 aliphatic carbocycles. The summed E-state index contributed by atoms with van der Waals surface area (Å²) in [6, 6.07) is 6.23. The molecule has 0 aliphatic rings. The SMILES string of the molecule is CC(C)Oc1ccc(C(C)C)cc1CCCC(=O)O. The molecule has 106 valence electrons. The maximum absolute atomic E-state index is 10.6. The van der Waals surface area contributed by atoms with Crippen molar-refractivity contribution in [2.45, 2.75) is 59.0 Å². The molecule has 0 unspecified atom stereocenters. The van der Waals surface area contributed by atoms with Crippen molar-refractivity contribution in [3.8, 4) is 5.75 Å². The molecule has 0 spiro atoms. The Hall–Kier alpha value is -1.51. The molecule has 0 amide bonds. The van der Waals surface area contributed by atoms with Crippen LogP contribution in [0.4, 0.5) is 0 Å². The second kappa shape index (κ2) is 7.17. The van der Waals surface area contributed by atoms with Gasteiger partial charge >= 0.3 is 5.97 Å². The summed E-state index contributed by atoms with van der Waals surface area (Å²) in [6.07, 6.45) is 1.72. The highest BCUT2D eigenvalue weighted by atomic mass is 16.5. The van der Waals surface area contributed by atoms with E-state index in [2.05, 4.69) is 26.0 Å². The van der Waals surface area contributed by atoms with Crippen LogP contribution in [0.2, 0.25) is 0 Å². The monoisotopic (exact) mass is 264 g/mol. The quantitative estimate of drug-likeness (QED) is 0.809. The van der Waals surface area contributed by atoms with E-state index >= 15 is 0 Å². The minimum absolute atomic E-state index is 0.128. The molecular formula is C16H24O3. The Balaban J connectivity index is 2.87. The summed E-state index contributed by atoms with van der Waals surface area (Å²) in [6.45, 7) is 8.30. The number of rotatable bonds is 7. The van der Waals surface area contributed by atoms with E-state index < -0.39 is 5.97 Å². The van der Waals surface area contributed by atoms with Gasteiger partial charge in [0.2, 0.25) is 0 Å². The van der Waals surface area contributed by atoms with Crippen molar-refractivity contribution >= 4 is 5.97 Å². The first-order valence-electron chi connectivity index (χ1n) is 6.91. The first-order valence-corrected chi connectivity index (χ1v) is 6.91. The number of hydrogen-bond donors (Lipinski definition) is 1. The number of aliphatic carboxylic acids is 1. The highest BCUT2D eigenvalue weighted by Crippen LogP contribution is 2.26. The summed E-state index contributed by atoms with van der Waals surface area (Å²) < 4.78 is 5.79.